The van der Waals surface area contributed by atoms with E-state index in [9.17, 15) is 9.36 Å². The van der Waals surface area contributed by atoms with E-state index in [1.807, 2.05) is 0 Å². The Morgan fingerprint density at radius 2 is 2.33 bits per heavy atom. The molecule has 12 heavy (non-hydrogen) atoms. The Morgan fingerprint density at radius 1 is 1.83 bits per heavy atom. The molecule has 0 fully saturated rings. The van der Waals surface area contributed by atoms with Crippen LogP contribution in [-0.2, 0) is 14.1 Å². The third kappa shape index (κ3) is 4.72. The third-order valence-electron chi connectivity index (χ3n) is 1.05. The zero-order valence-corrected chi connectivity index (χ0v) is 8.43. The highest BCUT2D eigenvalue weighted by atomic mass is 35.7. The van der Waals surface area contributed by atoms with Crippen molar-refractivity contribution >= 4 is 23.9 Å². The van der Waals surface area contributed by atoms with E-state index in [1.54, 1.807) is 0 Å². The molecule has 0 aliphatic heterocycles. The first-order valence-electron chi connectivity index (χ1n) is 3.17. The number of nitrogens with one attached hydrogen (secondary N) is 1. The van der Waals surface area contributed by atoms with E-state index in [0.29, 0.717) is 0 Å². The van der Waals surface area contributed by atoms with Crippen molar-refractivity contribution in [3.8, 4) is 0 Å². The minimum atomic E-state index is -3.18. The van der Waals surface area contributed by atoms with Crippen LogP contribution in [0.15, 0.2) is 0 Å². The molecule has 0 radical (unpaired) electrons. The molecule has 0 saturated carbocycles. The van der Waals surface area contributed by atoms with Crippen molar-refractivity contribution in [3.05, 3.63) is 0 Å². The van der Waals surface area contributed by atoms with Crippen LogP contribution in [0.5, 0.6) is 0 Å². The summed E-state index contributed by atoms with van der Waals surface area (Å²) >= 11 is 5.43. The summed E-state index contributed by atoms with van der Waals surface area (Å²) in [4.78, 5) is 10.3. The van der Waals surface area contributed by atoms with Crippen LogP contribution in [0.3, 0.4) is 0 Å². The fraction of sp³-hybridized carbons (Fsp3) is 0.800. The highest BCUT2D eigenvalue weighted by Gasteiger charge is 2.23. The number of ether oxygens (including phenoxy) is 1. The molecule has 2 atom stereocenters. The molecule has 0 aromatic rings. The number of halogens is 1. The van der Waals surface area contributed by atoms with Crippen LogP contribution in [0.1, 0.15) is 6.92 Å². The van der Waals surface area contributed by atoms with Crippen LogP contribution < -0.4 is 5.09 Å². The maximum Gasteiger partial charge on any atom is 0.320 e. The van der Waals surface area contributed by atoms with Crippen LogP contribution >= 0.6 is 17.9 Å². The van der Waals surface area contributed by atoms with Gasteiger partial charge in [-0.15, -0.1) is 0 Å². The molecule has 0 bridgehead atoms. The van der Waals surface area contributed by atoms with Gasteiger partial charge in [0, 0.05) is 7.11 Å². The van der Waals surface area contributed by atoms with E-state index < -0.39 is 18.7 Å². The summed E-state index contributed by atoms with van der Waals surface area (Å²) in [6.07, 6.45) is -0.188. The van der Waals surface area contributed by atoms with Crippen molar-refractivity contribution in [2.24, 2.45) is 0 Å². The molecule has 0 heterocycles. The van der Waals surface area contributed by atoms with Crippen LogP contribution in [0.2, 0.25) is 0 Å². The number of carboxylic acid groups (broad SMARTS) is 1. The Hall–Kier alpha value is -0.0900. The molecule has 7 heteroatoms. The van der Waals surface area contributed by atoms with Gasteiger partial charge in [0.05, 0.1) is 0 Å². The second-order valence-corrected chi connectivity index (χ2v) is 5.72. The molecule has 0 aromatic carbocycles. The van der Waals surface area contributed by atoms with Gasteiger partial charge in [-0.2, -0.15) is 0 Å². The summed E-state index contributed by atoms with van der Waals surface area (Å²) in [7, 11) is 1.34. The standard InChI is InChI=1S/C5H11ClNO4P/c1-4(5(8)9)7-12(6,10)3-11-2/h4H,3H2,1-2H3,(H,7,10)(H,8,9). The summed E-state index contributed by atoms with van der Waals surface area (Å²) in [6, 6.07) is -0.941. The summed E-state index contributed by atoms with van der Waals surface area (Å²) in [6.45, 7) is -1.83. The number of hydrogen-bond acceptors (Lipinski definition) is 3. The maximum atomic E-state index is 11.2. The van der Waals surface area contributed by atoms with Gasteiger partial charge < -0.3 is 9.84 Å². The van der Waals surface area contributed by atoms with E-state index in [1.165, 1.54) is 14.0 Å². The van der Waals surface area contributed by atoms with Gasteiger partial charge in [-0.05, 0) is 18.2 Å². The van der Waals surface area contributed by atoms with Crippen molar-refractivity contribution in [3.63, 3.8) is 0 Å². The molecular weight excluding hydrogens is 204 g/mol. The zero-order valence-electron chi connectivity index (χ0n) is 6.78. The van der Waals surface area contributed by atoms with Crippen molar-refractivity contribution in [2.45, 2.75) is 13.0 Å². The summed E-state index contributed by atoms with van der Waals surface area (Å²) in [5, 5.41) is 10.7. The quantitative estimate of drug-likeness (QED) is 0.672. The lowest BCUT2D eigenvalue weighted by Crippen LogP contribution is -2.30. The molecule has 0 aromatic heterocycles. The SMILES string of the molecule is COCP(=O)(Cl)NC(C)C(=O)O. The Balaban J connectivity index is 4.05. The van der Waals surface area contributed by atoms with Gasteiger partial charge in [-0.3, -0.25) is 9.36 Å². The van der Waals surface area contributed by atoms with Gasteiger partial charge >= 0.3 is 5.97 Å². The van der Waals surface area contributed by atoms with Crippen LogP contribution in [0.25, 0.3) is 0 Å². The molecule has 0 aliphatic carbocycles. The van der Waals surface area contributed by atoms with Crippen molar-refractivity contribution in [2.75, 3.05) is 13.5 Å². The van der Waals surface area contributed by atoms with Crippen molar-refractivity contribution in [1.29, 1.82) is 0 Å². The Kier molecular flexibility index (Phi) is 4.78. The maximum absolute atomic E-state index is 11.2. The Morgan fingerprint density at radius 3 is 2.67 bits per heavy atom. The van der Waals surface area contributed by atoms with Crippen molar-refractivity contribution in [1.82, 2.24) is 5.09 Å². The minimum absolute atomic E-state index is 0.188. The number of rotatable bonds is 5. The monoisotopic (exact) mass is 215 g/mol. The van der Waals surface area contributed by atoms with E-state index in [-0.39, 0.29) is 6.35 Å². The van der Waals surface area contributed by atoms with Crippen LogP contribution in [0, 0.1) is 0 Å². The molecular formula is C5H11ClNO4P. The summed E-state index contributed by atoms with van der Waals surface area (Å²) < 4.78 is 15.7. The Labute approximate surface area is 75.3 Å². The highest BCUT2D eigenvalue weighted by Crippen LogP contribution is 2.46. The first kappa shape index (κ1) is 11.9. The lowest BCUT2D eigenvalue weighted by atomic mass is 10.4. The summed E-state index contributed by atoms with van der Waals surface area (Å²) in [5.74, 6) is -1.10. The fourth-order valence-corrected chi connectivity index (χ4v) is 2.38. The number of hydrogen-bond donors (Lipinski definition) is 2. The smallest absolute Gasteiger partial charge is 0.320 e. The number of carbonyl (C=O) groups is 1. The Bertz CT molecular complexity index is 210. The second-order valence-electron chi connectivity index (χ2n) is 2.26. The average Bonchev–Trinajstić information content (AvgIpc) is 1.85. The normalized spacial score (nSPS) is 18.2. The van der Waals surface area contributed by atoms with Gasteiger partial charge in [0.2, 0.25) is 0 Å². The molecule has 0 amide bonds. The molecule has 2 unspecified atom stereocenters. The molecule has 5 nitrogen and oxygen atoms in total. The van der Waals surface area contributed by atoms with Crippen LogP contribution in [-0.4, -0.2) is 30.6 Å². The molecule has 0 spiro atoms. The van der Waals surface area contributed by atoms with Gasteiger partial charge in [0.1, 0.15) is 12.4 Å². The van der Waals surface area contributed by atoms with Gasteiger partial charge in [0.15, 0.2) is 0 Å². The minimum Gasteiger partial charge on any atom is -0.480 e. The first-order chi connectivity index (χ1) is 5.39. The molecule has 0 aliphatic rings. The molecule has 0 rings (SSSR count). The molecule has 0 saturated heterocycles. The predicted molar refractivity (Wildman–Crippen MR) is 45.6 cm³/mol. The van der Waals surface area contributed by atoms with Crippen molar-refractivity contribution < 1.29 is 19.2 Å². The topological polar surface area (TPSA) is 75.6 Å². The fourth-order valence-electron chi connectivity index (χ4n) is 0.548. The number of carboxylic acids is 1. The predicted octanol–water partition coefficient (Wildman–Crippen LogP) is 1.08. The van der Waals surface area contributed by atoms with Crippen LogP contribution in [0.4, 0.5) is 0 Å². The summed E-state index contributed by atoms with van der Waals surface area (Å²) in [5.41, 5.74) is 0. The lowest BCUT2D eigenvalue weighted by Gasteiger charge is -2.14. The third-order valence-corrected chi connectivity index (χ3v) is 3.00. The highest BCUT2D eigenvalue weighted by molar-refractivity contribution is 7.87. The lowest BCUT2D eigenvalue weighted by molar-refractivity contribution is -0.138. The average molecular weight is 216 g/mol. The zero-order chi connectivity index (χ0) is 9.78. The van der Waals surface area contributed by atoms with E-state index in [0.717, 1.165) is 0 Å². The van der Waals surface area contributed by atoms with E-state index in [4.69, 9.17) is 16.3 Å². The van der Waals surface area contributed by atoms with Gasteiger partial charge in [-0.25, -0.2) is 5.09 Å². The second kappa shape index (κ2) is 4.82. The van der Waals surface area contributed by atoms with E-state index >= 15 is 0 Å². The molecule has 72 valence electrons. The number of aliphatic carboxylic acids is 1. The molecule has 2 N–H and O–H groups in total. The van der Waals surface area contributed by atoms with Gasteiger partial charge in [-0.1, -0.05) is 0 Å². The number of methoxy groups -OCH3 is 1. The van der Waals surface area contributed by atoms with Gasteiger partial charge in [0.25, 0.3) is 6.65 Å². The largest absolute Gasteiger partial charge is 0.480 e. The first-order valence-corrected chi connectivity index (χ1v) is 5.97. The van der Waals surface area contributed by atoms with E-state index in [2.05, 4.69) is 9.82 Å².